The number of carbonyl (C=O) groups is 2. The predicted octanol–water partition coefficient (Wildman–Crippen LogP) is 4.16. The van der Waals surface area contributed by atoms with Gasteiger partial charge in [0.2, 0.25) is 0 Å². The summed E-state index contributed by atoms with van der Waals surface area (Å²) in [5.74, 6) is 0.939. The van der Waals surface area contributed by atoms with Crippen LogP contribution in [0.15, 0.2) is 0 Å². The summed E-state index contributed by atoms with van der Waals surface area (Å²) in [6, 6.07) is 0. The summed E-state index contributed by atoms with van der Waals surface area (Å²) in [5.41, 5.74) is -2.03. The monoisotopic (exact) mass is 582 g/mol. The molecule has 0 aromatic carbocycles. The van der Waals surface area contributed by atoms with Crippen molar-refractivity contribution in [2.24, 2.45) is 28.6 Å². The van der Waals surface area contributed by atoms with Crippen molar-refractivity contribution in [3.8, 4) is 0 Å². The maximum Gasteiger partial charge on any atom is 0.191 e. The van der Waals surface area contributed by atoms with Crippen molar-refractivity contribution in [2.75, 3.05) is 6.61 Å². The van der Waals surface area contributed by atoms with E-state index in [9.17, 15) is 19.8 Å². The number of carbonyl (C=O) groups excluding carboxylic acids is 2. The summed E-state index contributed by atoms with van der Waals surface area (Å²) in [7, 11) is 0. The Bertz CT molecular complexity index is 716. The molecule has 0 unspecified atom stereocenters. The second-order valence-electron chi connectivity index (χ2n) is 10.0. The zero-order valence-electron chi connectivity index (χ0n) is 16.4. The molecule has 4 nitrogen and oxygen atoms in total. The van der Waals surface area contributed by atoms with Crippen LogP contribution in [0.4, 0.5) is 0 Å². The van der Waals surface area contributed by atoms with Crippen molar-refractivity contribution in [2.45, 2.75) is 78.4 Å². The minimum atomic E-state index is -1.51. The van der Waals surface area contributed by atoms with Gasteiger partial charge in [0.25, 0.3) is 0 Å². The number of alkyl halides is 3. The first-order valence-corrected chi connectivity index (χ1v) is 13.0. The average molecular weight is 585 g/mol. The standard InChI is InChI=1S/C21H29Br3O4/c1-18-7-5-14(26)17(23)20(18,24)8-3-11-12(18)4-6-19(2)13(11)9-15(22)21(19,28)16(27)10-25/h11-13,15,17,25,28H,3-10H2,1-2H3/t11-,12+,13+,15+,17-,18-,19+,20+,21+/m1/s1. The van der Waals surface area contributed by atoms with Crippen LogP contribution in [0.1, 0.15) is 58.8 Å². The molecule has 0 radical (unpaired) electrons. The number of ketones is 2. The van der Waals surface area contributed by atoms with Crippen LogP contribution in [-0.2, 0) is 9.59 Å². The van der Waals surface area contributed by atoms with Gasteiger partial charge in [-0.2, -0.15) is 0 Å². The van der Waals surface area contributed by atoms with Gasteiger partial charge in [0.1, 0.15) is 18.0 Å². The van der Waals surface area contributed by atoms with E-state index in [1.807, 2.05) is 0 Å². The summed E-state index contributed by atoms with van der Waals surface area (Å²) < 4.78 is -0.228. The Morgan fingerprint density at radius 2 is 1.79 bits per heavy atom. The molecule has 2 N–H and O–H groups in total. The molecule has 0 heterocycles. The highest BCUT2D eigenvalue weighted by Crippen LogP contribution is 2.71. The third-order valence-electron chi connectivity index (χ3n) is 9.36. The summed E-state index contributed by atoms with van der Waals surface area (Å²) >= 11 is 11.4. The van der Waals surface area contributed by atoms with Crippen molar-refractivity contribution in [3.05, 3.63) is 0 Å². The van der Waals surface area contributed by atoms with E-state index in [1.165, 1.54) is 0 Å². The van der Waals surface area contributed by atoms with Gasteiger partial charge in [-0.1, -0.05) is 61.6 Å². The van der Waals surface area contributed by atoms with Gasteiger partial charge in [-0.3, -0.25) is 9.59 Å². The maximum atomic E-state index is 12.6. The quantitative estimate of drug-likeness (QED) is 0.478. The van der Waals surface area contributed by atoms with Gasteiger partial charge >= 0.3 is 0 Å². The number of hydrogen-bond acceptors (Lipinski definition) is 4. The Hall–Kier alpha value is 0.700. The Labute approximate surface area is 192 Å². The normalized spacial score (nSPS) is 56.0. The van der Waals surface area contributed by atoms with Gasteiger partial charge < -0.3 is 10.2 Å². The molecular formula is C21H29Br3O4. The van der Waals surface area contributed by atoms with Crippen LogP contribution in [0.3, 0.4) is 0 Å². The smallest absolute Gasteiger partial charge is 0.191 e. The predicted molar refractivity (Wildman–Crippen MR) is 118 cm³/mol. The second kappa shape index (κ2) is 6.85. The third kappa shape index (κ3) is 2.46. The zero-order valence-corrected chi connectivity index (χ0v) is 21.1. The van der Waals surface area contributed by atoms with Gasteiger partial charge in [0.05, 0.1) is 14.0 Å². The molecule has 0 bridgehead atoms. The fourth-order valence-corrected chi connectivity index (χ4v) is 10.8. The summed E-state index contributed by atoms with van der Waals surface area (Å²) in [6.45, 7) is 3.77. The lowest BCUT2D eigenvalue weighted by molar-refractivity contribution is -0.168. The van der Waals surface area contributed by atoms with Crippen molar-refractivity contribution in [1.29, 1.82) is 0 Å². The number of fused-ring (bicyclic) bond motifs is 5. The number of halogens is 3. The maximum absolute atomic E-state index is 12.6. The molecule has 4 fully saturated rings. The molecule has 0 aromatic heterocycles. The molecule has 7 heteroatoms. The highest BCUT2D eigenvalue weighted by atomic mass is 79.9. The molecule has 28 heavy (non-hydrogen) atoms. The minimum absolute atomic E-state index is 0.00280. The second-order valence-corrected chi connectivity index (χ2v) is 13.5. The van der Waals surface area contributed by atoms with Crippen molar-refractivity contribution in [3.63, 3.8) is 0 Å². The van der Waals surface area contributed by atoms with E-state index in [1.54, 1.807) is 0 Å². The zero-order chi connectivity index (χ0) is 20.7. The fraction of sp³-hybridized carbons (Fsp3) is 0.905. The number of aliphatic hydroxyl groups excluding tert-OH is 1. The Kier molecular flexibility index (Phi) is 5.36. The lowest BCUT2D eigenvalue weighted by Gasteiger charge is -2.64. The summed E-state index contributed by atoms with van der Waals surface area (Å²) in [4.78, 5) is 24.6. The molecule has 0 amide bonds. The fourth-order valence-electron chi connectivity index (χ4n) is 7.62. The lowest BCUT2D eigenvalue weighted by atomic mass is 9.44. The SMILES string of the molecule is C[C@]12CC[C@H]3[C@@H](CC[C@]4(Br)[C@H](Br)C(=O)CC[C@]34C)[C@@H]1C[C@H](Br)[C@]2(O)C(=O)CO. The van der Waals surface area contributed by atoms with E-state index >= 15 is 0 Å². The summed E-state index contributed by atoms with van der Waals surface area (Å²) in [5, 5.41) is 21.0. The van der Waals surface area contributed by atoms with Gasteiger partial charge in [-0.05, 0) is 61.7 Å². The lowest BCUT2D eigenvalue weighted by Crippen LogP contribution is -2.65. The van der Waals surface area contributed by atoms with E-state index in [2.05, 4.69) is 61.6 Å². The van der Waals surface area contributed by atoms with Crippen LogP contribution < -0.4 is 0 Å². The topological polar surface area (TPSA) is 74.6 Å². The van der Waals surface area contributed by atoms with Crippen molar-refractivity contribution >= 4 is 59.4 Å². The Morgan fingerprint density at radius 1 is 1.11 bits per heavy atom. The number of Topliss-reactive ketones (excluding diaryl/α,β-unsaturated/α-hetero) is 2. The van der Waals surface area contributed by atoms with E-state index in [0.717, 1.165) is 38.5 Å². The van der Waals surface area contributed by atoms with Crippen molar-refractivity contribution in [1.82, 2.24) is 0 Å². The number of hydrogen-bond donors (Lipinski definition) is 2. The first-order valence-electron chi connectivity index (χ1n) is 10.3. The molecule has 0 aromatic rings. The van der Waals surface area contributed by atoms with Crippen LogP contribution in [-0.4, -0.2) is 48.0 Å². The van der Waals surface area contributed by atoms with Crippen LogP contribution in [0.2, 0.25) is 0 Å². The Morgan fingerprint density at radius 3 is 2.43 bits per heavy atom. The largest absolute Gasteiger partial charge is 0.388 e. The van der Waals surface area contributed by atoms with Gasteiger partial charge in [-0.15, -0.1) is 0 Å². The average Bonchev–Trinajstić information content (AvgIpc) is 2.88. The highest BCUT2D eigenvalue weighted by Gasteiger charge is 2.71. The molecule has 4 rings (SSSR count). The molecule has 9 atom stereocenters. The van der Waals surface area contributed by atoms with E-state index in [4.69, 9.17) is 0 Å². The molecule has 0 aliphatic heterocycles. The van der Waals surface area contributed by atoms with Crippen molar-refractivity contribution < 1.29 is 19.8 Å². The van der Waals surface area contributed by atoms with Crippen LogP contribution in [0, 0.1) is 28.6 Å². The highest BCUT2D eigenvalue weighted by molar-refractivity contribution is 9.12. The van der Waals surface area contributed by atoms with Crippen LogP contribution in [0.25, 0.3) is 0 Å². The molecule has 0 saturated heterocycles. The van der Waals surface area contributed by atoms with Gasteiger partial charge in [0, 0.05) is 11.8 Å². The molecule has 0 spiro atoms. The molecular weight excluding hydrogens is 556 g/mol. The summed E-state index contributed by atoms with van der Waals surface area (Å²) in [6.07, 6.45) is 5.86. The molecule has 158 valence electrons. The van der Waals surface area contributed by atoms with Gasteiger partial charge in [0.15, 0.2) is 5.78 Å². The Balaban J connectivity index is 1.72. The first kappa shape index (κ1) is 21.9. The van der Waals surface area contributed by atoms with E-state index < -0.39 is 23.4 Å². The number of aliphatic hydroxyl groups is 2. The third-order valence-corrected chi connectivity index (χ3v) is 14.1. The van der Waals surface area contributed by atoms with E-state index in [0.29, 0.717) is 18.3 Å². The molecule has 4 aliphatic rings. The van der Waals surface area contributed by atoms with E-state index in [-0.39, 0.29) is 31.1 Å². The minimum Gasteiger partial charge on any atom is -0.388 e. The van der Waals surface area contributed by atoms with Gasteiger partial charge in [-0.25, -0.2) is 0 Å². The molecule has 4 aliphatic carbocycles. The number of rotatable bonds is 2. The van der Waals surface area contributed by atoms with Crippen LogP contribution >= 0.6 is 47.8 Å². The first-order chi connectivity index (χ1) is 13.0. The molecule has 4 saturated carbocycles. The van der Waals surface area contributed by atoms with Crippen LogP contribution in [0.5, 0.6) is 0 Å².